The summed E-state index contributed by atoms with van der Waals surface area (Å²) in [6, 6.07) is 13.7. The Balaban J connectivity index is 0.000000152. The topological polar surface area (TPSA) is 575 Å². The van der Waals surface area contributed by atoms with E-state index in [1.54, 1.807) is 100 Å². The average Bonchev–Trinajstić information content (AvgIpc) is 1.55. The maximum absolute atomic E-state index is 15.9. The molecule has 16 rings (SSSR count). The maximum Gasteiger partial charge on any atom is 0.530 e. The van der Waals surface area contributed by atoms with Gasteiger partial charge in [-0.05, 0) is 77.6 Å². The highest BCUT2D eigenvalue weighted by molar-refractivity contribution is 7.49. The number of aromatic amines is 3. The van der Waals surface area contributed by atoms with E-state index in [2.05, 4.69) is 6.58 Å². The van der Waals surface area contributed by atoms with Crippen molar-refractivity contribution in [1.82, 2.24) is 38.9 Å². The number of nitrogens with one attached hydrogen (secondary N) is 4. The molecule has 12 N–H and O–H groups in total. The predicted molar refractivity (Wildman–Crippen MR) is 410 cm³/mol. The van der Waals surface area contributed by atoms with Crippen LogP contribution in [-0.2, 0) is 105 Å². The number of alkyl halides is 4. The Hall–Kier alpha value is -9.57. The second-order valence-corrected chi connectivity index (χ2v) is 35.7. The number of carbonyl (C=O) groups is 1. The fourth-order valence-electron chi connectivity index (χ4n) is 13.6. The number of aliphatic hydroxyl groups excluding tert-OH is 8. The molecular formula is C73H78F8N8O35P4. The van der Waals surface area contributed by atoms with E-state index in [9.17, 15) is 110 Å². The fourth-order valence-corrected chi connectivity index (χ4v) is 18.5. The first-order valence-corrected chi connectivity index (χ1v) is 42.8. The van der Waals surface area contributed by atoms with Gasteiger partial charge < -0.3 is 88.1 Å². The lowest BCUT2D eigenvalue weighted by molar-refractivity contribution is -0.208. The molecule has 4 unspecified atom stereocenters. The molecule has 12 heterocycles. The van der Waals surface area contributed by atoms with Crippen molar-refractivity contribution in [2.75, 3.05) is 26.3 Å². The highest BCUT2D eigenvalue weighted by Crippen LogP contribution is 2.61. The van der Waals surface area contributed by atoms with Gasteiger partial charge in [0.05, 0.1) is 53.2 Å². The Bertz CT molecular complexity index is 6570. The molecule has 0 spiro atoms. The van der Waals surface area contributed by atoms with E-state index in [1.807, 2.05) is 19.2 Å². The minimum atomic E-state index is -4.86. The highest BCUT2D eigenvalue weighted by atomic mass is 31.2. The van der Waals surface area contributed by atoms with Gasteiger partial charge in [-0.2, -0.15) is 17.6 Å². The molecule has 0 saturated carbocycles. The minimum absolute atomic E-state index is 0.0522. The number of hydrogen-bond donors (Lipinski definition) is 12. The smallest absolute Gasteiger partial charge is 0.403 e. The summed E-state index contributed by atoms with van der Waals surface area (Å²) >= 11 is 0. The zero-order valence-corrected chi connectivity index (χ0v) is 70.4. The Morgan fingerprint density at radius 2 is 0.727 bits per heavy atom. The second kappa shape index (κ2) is 35.9. The first-order chi connectivity index (χ1) is 61.9. The molecular weight excluding hydrogens is 1820 g/mol. The number of aromatic nitrogens is 6. The fraction of sp³-hybridized carbons (Fsp3) is 0.438. The Morgan fingerprint density at radius 3 is 1.10 bits per heavy atom. The van der Waals surface area contributed by atoms with Crippen molar-refractivity contribution in [2.45, 2.75) is 179 Å². The number of phosphoric ester groups is 4. The lowest BCUT2D eigenvalue weighted by Gasteiger charge is -2.33. The number of carbonyl (C=O) groups excluding carboxylic acids is 1. The monoisotopic (exact) mass is 1910 g/mol. The van der Waals surface area contributed by atoms with Crippen LogP contribution in [0.1, 0.15) is 93.6 Å². The van der Waals surface area contributed by atoms with Crippen molar-refractivity contribution in [2.24, 2.45) is 0 Å². The first-order valence-electron chi connectivity index (χ1n) is 40.0. The minimum Gasteiger partial charge on any atom is -0.403 e. The molecule has 7 aromatic rings. The van der Waals surface area contributed by atoms with Crippen molar-refractivity contribution < 1.29 is 180 Å². The zero-order chi connectivity index (χ0) is 99.1. The molecule has 4 fully saturated rings. The summed E-state index contributed by atoms with van der Waals surface area (Å²) in [5.74, 6) is -21.7. The van der Waals surface area contributed by atoms with Gasteiger partial charge in [0.25, 0.3) is 46.0 Å². The van der Waals surface area contributed by atoms with Crippen molar-refractivity contribution in [3.63, 3.8) is 0 Å². The third-order valence-corrected chi connectivity index (χ3v) is 24.6. The van der Waals surface area contributed by atoms with Crippen LogP contribution in [0.4, 0.5) is 35.1 Å². The number of nitrogens with zero attached hydrogens (tertiary/aromatic N) is 4. The molecule has 0 radical (unpaired) electrons. The normalized spacial score (nSPS) is 34.6. The van der Waals surface area contributed by atoms with Crippen LogP contribution in [0.5, 0.6) is 23.0 Å². The van der Waals surface area contributed by atoms with Crippen LogP contribution < -0.4 is 57.2 Å². The van der Waals surface area contributed by atoms with Crippen LogP contribution in [0.2, 0.25) is 0 Å². The van der Waals surface area contributed by atoms with Crippen molar-refractivity contribution in [1.29, 1.82) is 0 Å². The zero-order valence-electron chi connectivity index (χ0n) is 72.9. The first kappa shape index (κ1) is 87.7. The molecule has 1 amide bonds. The van der Waals surface area contributed by atoms with Gasteiger partial charge in [-0.15, -0.1) is 0 Å². The molecule has 0 bridgehead atoms. The van der Waals surface area contributed by atoms with Gasteiger partial charge >= 0.3 is 48.4 Å². The number of aryl methyl sites for hydroxylation is 8. The Kier molecular flexibility index (Phi) is 24.6. The summed E-state index contributed by atoms with van der Waals surface area (Å²) < 4.78 is 298. The predicted octanol–water partition coefficient (Wildman–Crippen LogP) is 4.62. The van der Waals surface area contributed by atoms with Gasteiger partial charge in [0.15, 0.2) is 24.9 Å². The largest absolute Gasteiger partial charge is 0.530 e. The molecule has 55 heteroatoms. The number of aliphatic hydroxyl groups is 8. The lowest BCUT2D eigenvalue weighted by atomic mass is 10.1. The summed E-state index contributed by atoms with van der Waals surface area (Å²) in [4.78, 5) is 85.9. The average molecular weight is 1910 g/mol. The number of benzene rings is 4. The molecule has 20 atom stereocenters. The Labute approximate surface area is 720 Å². The number of H-pyrrole nitrogens is 3. The number of phosphoric acid groups is 4. The van der Waals surface area contributed by atoms with Crippen molar-refractivity contribution >= 4 is 37.2 Å². The number of halogens is 8. The summed E-state index contributed by atoms with van der Waals surface area (Å²) in [7, 11) is -18.4. The second-order valence-electron chi connectivity index (χ2n) is 29.5. The van der Waals surface area contributed by atoms with E-state index in [4.69, 9.17) is 81.5 Å². The van der Waals surface area contributed by atoms with E-state index in [-0.39, 0.29) is 71.0 Å². The van der Waals surface area contributed by atoms with Gasteiger partial charge in [-0.3, -0.25) is 84.0 Å². The summed E-state index contributed by atoms with van der Waals surface area (Å²) in [5.41, 5.74) is -0.183. The number of hydrogen-bond acceptors (Lipinski definition) is 36. The third-order valence-electron chi connectivity index (χ3n) is 19.6. The van der Waals surface area contributed by atoms with E-state index in [1.165, 1.54) is 4.98 Å². The lowest BCUT2D eigenvalue weighted by Crippen LogP contribution is -2.47. The molecule has 4 saturated heterocycles. The van der Waals surface area contributed by atoms with Crippen molar-refractivity contribution in [3.8, 4) is 23.0 Å². The van der Waals surface area contributed by atoms with Gasteiger partial charge in [-0.1, -0.05) is 77.4 Å². The number of amides is 1. The summed E-state index contributed by atoms with van der Waals surface area (Å²) in [6.07, 6.45) is -28.9. The van der Waals surface area contributed by atoms with Crippen LogP contribution in [-0.4, -0.2) is 185 Å². The molecule has 0 aliphatic carbocycles. The Morgan fingerprint density at radius 1 is 0.438 bits per heavy atom. The van der Waals surface area contributed by atoms with Crippen molar-refractivity contribution in [3.05, 3.63) is 238 Å². The van der Waals surface area contributed by atoms with Gasteiger partial charge in [0, 0.05) is 28.5 Å². The molecule has 4 aromatic carbocycles. The third kappa shape index (κ3) is 19.4. The van der Waals surface area contributed by atoms with E-state index >= 15 is 17.6 Å². The van der Waals surface area contributed by atoms with Gasteiger partial charge in [0.2, 0.25) is 23.3 Å². The molecule has 9 aliphatic heterocycles. The number of ether oxygens (including phenoxy) is 4. The molecule has 128 heavy (non-hydrogen) atoms. The standard InChI is InChI=1S/C19H21F2N2O8P.3C18H19F2N2O9P/c1-9-4-10(2)15-12(5-9)7-28-32(27,31-15)29-8-19(21)16(25)14(24)18(30-19)23-6-13(20)17(26)22-11(23)3;3*1-8-3-9(2)13-10(4-8)6-28-32(27,31-13)29-7-18(20)14(24)12(23)16(30-18)22-5-11(19)15(25)21-17(22)26/h4-6,14,16,18,24-25H,3,7-8H2,1-2H3,(H,22,26);3*3-5,12,14,16,23-24H,6-7H2,1-2H3,(H,21,25,26)/t14-,16+,18-,19-,32?;3*12-,14+,16-,18-,32?/m1111/s1/i8D2,18D;16D;7D2;. The maximum atomic E-state index is 15.9. The van der Waals surface area contributed by atoms with Gasteiger partial charge in [0.1, 0.15) is 104 Å². The molecule has 43 nitrogen and oxygen atoms in total. The number of rotatable bonds is 16. The molecule has 9 aliphatic rings. The van der Waals surface area contributed by atoms with Crippen LogP contribution in [0.3, 0.4) is 0 Å². The number of fused-ring (bicyclic) bond motifs is 4. The van der Waals surface area contributed by atoms with Crippen LogP contribution in [0, 0.1) is 72.8 Å². The van der Waals surface area contributed by atoms with Crippen LogP contribution in [0.15, 0.2) is 120 Å². The van der Waals surface area contributed by atoms with Gasteiger partial charge in [-0.25, -0.2) is 50.2 Å². The quantitative estimate of drug-likeness (QED) is 0.0463. The molecule has 3 aromatic heterocycles. The van der Waals surface area contributed by atoms with E-state index in [0.29, 0.717) is 66.4 Å². The van der Waals surface area contributed by atoms with E-state index < -0.39 is 223 Å². The highest BCUT2D eigenvalue weighted by Gasteiger charge is 2.63. The SMILES string of the molecule is Cc1cc(C)c2c(c1)COP(=O)(OC[C@@]1(F)O[C@@H](n3cc(F)c(=O)[nH]c3=O)[C@H](O)[C@@H]1O)O2.[2H]C([2H])(OP1(=O)OCc2cc(C)cc(C)c2O1)[C@@]1(F)O[C@@H](n2cc(F)c(=O)[nH]c2=O)[C@H](O)[C@@H]1O.[2H]C([2H])(OP1(=O)OCc2cc(C)cc(C)c2O1)[C@@]1(F)O[C@@]([2H])(N2C=C(F)C(=O)NC2=C)[C@H](O)[C@@H]1O.[2H][C@@]1(n2cc(F)c(=O)[nH]c2=O)O[C@](F)(COP2(=O)OCc3cc(C)cc(C)c3O2)[C@@H](O)[C@H]1O. The summed E-state index contributed by atoms with van der Waals surface area (Å²) in [6.45, 7) is 6.04. The van der Waals surface area contributed by atoms with E-state index in [0.717, 1.165) is 22.3 Å². The van der Waals surface area contributed by atoms with Crippen LogP contribution in [0.25, 0.3) is 0 Å². The molecule has 696 valence electrons. The van der Waals surface area contributed by atoms with Crippen LogP contribution >= 0.6 is 31.3 Å². The summed E-state index contributed by atoms with van der Waals surface area (Å²) in [5, 5.41) is 83.7.